The number of carbonyl (C=O) groups is 1. The molecule has 1 aromatic carbocycles. The highest BCUT2D eigenvalue weighted by molar-refractivity contribution is 5.81. The Morgan fingerprint density at radius 2 is 2.00 bits per heavy atom. The lowest BCUT2D eigenvalue weighted by atomic mass is 10.1. The fraction of sp³-hybridized carbons (Fsp3) is 0.368. The number of rotatable bonds is 6. The summed E-state index contributed by atoms with van der Waals surface area (Å²) in [5.74, 6) is 0.0993. The summed E-state index contributed by atoms with van der Waals surface area (Å²) >= 11 is 0. The van der Waals surface area contributed by atoms with Crippen LogP contribution < -0.4 is 0 Å². The van der Waals surface area contributed by atoms with Gasteiger partial charge in [0.1, 0.15) is 6.10 Å². The number of aromatic nitrogens is 1. The van der Waals surface area contributed by atoms with Gasteiger partial charge < -0.3 is 9.64 Å². The molecule has 0 aliphatic carbocycles. The van der Waals surface area contributed by atoms with E-state index in [-0.39, 0.29) is 12.0 Å². The first kappa shape index (κ1) is 15.7. The topological polar surface area (TPSA) is 42.4 Å². The Morgan fingerprint density at radius 1 is 1.17 bits per heavy atom. The summed E-state index contributed by atoms with van der Waals surface area (Å²) < 4.78 is 5.58. The fourth-order valence-electron chi connectivity index (χ4n) is 2.86. The lowest BCUT2D eigenvalue weighted by Gasteiger charge is -2.25. The van der Waals surface area contributed by atoms with Gasteiger partial charge in [0.05, 0.1) is 0 Å². The van der Waals surface area contributed by atoms with E-state index < -0.39 is 0 Å². The summed E-state index contributed by atoms with van der Waals surface area (Å²) in [6, 6.07) is 14.2. The largest absolute Gasteiger partial charge is 0.368 e. The Hall–Kier alpha value is -2.20. The van der Waals surface area contributed by atoms with Gasteiger partial charge in [0.25, 0.3) is 5.91 Å². The van der Waals surface area contributed by atoms with Crippen molar-refractivity contribution in [1.82, 2.24) is 9.88 Å². The molecule has 0 unspecified atom stereocenters. The highest BCUT2D eigenvalue weighted by Crippen LogP contribution is 2.17. The maximum absolute atomic E-state index is 12.8. The molecule has 0 spiro atoms. The standard InChI is InChI=1S/C19H22N2O2/c22-19(18-9-5-13-23-18)21(15-17-8-4-11-20-14-17)12-10-16-6-2-1-3-7-16/h1-4,6-8,11,14,18H,5,9-10,12-13,15H2/t18-/m0/s1. The Kier molecular flexibility index (Phi) is 5.37. The maximum atomic E-state index is 12.8. The van der Waals surface area contributed by atoms with E-state index in [0.717, 1.165) is 24.8 Å². The number of benzene rings is 1. The molecule has 1 amide bonds. The molecule has 2 heterocycles. The van der Waals surface area contributed by atoms with Gasteiger partial charge in [-0.05, 0) is 36.5 Å². The molecule has 23 heavy (non-hydrogen) atoms. The van der Waals surface area contributed by atoms with Gasteiger partial charge in [-0.1, -0.05) is 36.4 Å². The first-order valence-electron chi connectivity index (χ1n) is 8.16. The van der Waals surface area contributed by atoms with Gasteiger partial charge in [0, 0.05) is 32.1 Å². The lowest BCUT2D eigenvalue weighted by Crippen LogP contribution is -2.39. The van der Waals surface area contributed by atoms with Crippen molar-refractivity contribution in [1.29, 1.82) is 0 Å². The molecule has 0 radical (unpaired) electrons. The van der Waals surface area contributed by atoms with Gasteiger partial charge in [-0.25, -0.2) is 0 Å². The molecule has 0 bridgehead atoms. The summed E-state index contributed by atoms with van der Waals surface area (Å²) in [6.07, 6.45) is 5.93. The van der Waals surface area contributed by atoms with Crippen molar-refractivity contribution in [2.75, 3.05) is 13.2 Å². The molecule has 1 atom stereocenters. The zero-order valence-electron chi connectivity index (χ0n) is 13.2. The van der Waals surface area contributed by atoms with Crippen molar-refractivity contribution in [2.45, 2.75) is 31.9 Å². The van der Waals surface area contributed by atoms with Gasteiger partial charge in [-0.15, -0.1) is 0 Å². The minimum atomic E-state index is -0.276. The summed E-state index contributed by atoms with van der Waals surface area (Å²) in [6.45, 7) is 1.97. The van der Waals surface area contributed by atoms with Gasteiger partial charge in [0.2, 0.25) is 0 Å². The van der Waals surface area contributed by atoms with Crippen LogP contribution in [0, 0.1) is 0 Å². The van der Waals surface area contributed by atoms with E-state index in [1.54, 1.807) is 6.20 Å². The average molecular weight is 310 g/mol. The van der Waals surface area contributed by atoms with Crippen LogP contribution in [0.25, 0.3) is 0 Å². The monoisotopic (exact) mass is 310 g/mol. The lowest BCUT2D eigenvalue weighted by molar-refractivity contribution is -0.141. The number of pyridine rings is 1. The van der Waals surface area contributed by atoms with Crippen LogP contribution in [0.2, 0.25) is 0 Å². The van der Waals surface area contributed by atoms with Crippen molar-refractivity contribution in [3.63, 3.8) is 0 Å². The van der Waals surface area contributed by atoms with E-state index in [1.807, 2.05) is 41.4 Å². The second kappa shape index (κ2) is 7.88. The van der Waals surface area contributed by atoms with E-state index >= 15 is 0 Å². The van der Waals surface area contributed by atoms with E-state index in [0.29, 0.717) is 19.7 Å². The molecule has 1 aromatic heterocycles. The van der Waals surface area contributed by atoms with Crippen LogP contribution in [0.4, 0.5) is 0 Å². The molecule has 0 saturated carbocycles. The van der Waals surface area contributed by atoms with Crippen molar-refractivity contribution >= 4 is 5.91 Å². The fourth-order valence-corrected chi connectivity index (χ4v) is 2.86. The van der Waals surface area contributed by atoms with Gasteiger partial charge >= 0.3 is 0 Å². The first-order chi connectivity index (χ1) is 11.3. The zero-order chi connectivity index (χ0) is 15.9. The highest BCUT2D eigenvalue weighted by Gasteiger charge is 2.28. The predicted octanol–water partition coefficient (Wildman–Crippen LogP) is 2.83. The van der Waals surface area contributed by atoms with Crippen molar-refractivity contribution in [3.05, 3.63) is 66.0 Å². The minimum Gasteiger partial charge on any atom is -0.368 e. The van der Waals surface area contributed by atoms with Crippen LogP contribution in [0.15, 0.2) is 54.9 Å². The molecule has 120 valence electrons. The Balaban J connectivity index is 1.68. The predicted molar refractivity (Wildman–Crippen MR) is 88.8 cm³/mol. The average Bonchev–Trinajstić information content (AvgIpc) is 3.14. The van der Waals surface area contributed by atoms with Crippen molar-refractivity contribution < 1.29 is 9.53 Å². The smallest absolute Gasteiger partial charge is 0.252 e. The maximum Gasteiger partial charge on any atom is 0.252 e. The number of hydrogen-bond donors (Lipinski definition) is 0. The van der Waals surface area contributed by atoms with E-state index in [1.165, 1.54) is 5.56 Å². The molecular weight excluding hydrogens is 288 g/mol. The molecule has 3 rings (SSSR count). The summed E-state index contributed by atoms with van der Waals surface area (Å²) in [7, 11) is 0. The quantitative estimate of drug-likeness (QED) is 0.824. The van der Waals surface area contributed by atoms with Crippen LogP contribution in [-0.4, -0.2) is 35.0 Å². The highest BCUT2D eigenvalue weighted by atomic mass is 16.5. The second-order valence-electron chi connectivity index (χ2n) is 5.86. The molecule has 4 heteroatoms. The first-order valence-corrected chi connectivity index (χ1v) is 8.16. The second-order valence-corrected chi connectivity index (χ2v) is 5.86. The zero-order valence-corrected chi connectivity index (χ0v) is 13.2. The van der Waals surface area contributed by atoms with Crippen LogP contribution >= 0.6 is 0 Å². The Morgan fingerprint density at radius 3 is 2.70 bits per heavy atom. The molecule has 1 aliphatic rings. The number of nitrogens with zero attached hydrogens (tertiary/aromatic N) is 2. The summed E-state index contributed by atoms with van der Waals surface area (Å²) in [5.41, 5.74) is 2.29. The van der Waals surface area contributed by atoms with Crippen LogP contribution in [0.3, 0.4) is 0 Å². The Labute approximate surface area is 137 Å². The number of hydrogen-bond acceptors (Lipinski definition) is 3. The van der Waals surface area contributed by atoms with Crippen molar-refractivity contribution in [3.8, 4) is 0 Å². The molecule has 4 nitrogen and oxygen atoms in total. The molecule has 1 saturated heterocycles. The Bertz CT molecular complexity index is 610. The van der Waals surface area contributed by atoms with Gasteiger partial charge in [0.15, 0.2) is 0 Å². The third-order valence-electron chi connectivity index (χ3n) is 4.13. The number of ether oxygens (including phenoxy) is 1. The van der Waals surface area contributed by atoms with Gasteiger partial charge in [-0.3, -0.25) is 9.78 Å². The molecule has 1 aliphatic heterocycles. The molecule has 2 aromatic rings. The van der Waals surface area contributed by atoms with Crippen LogP contribution in [0.5, 0.6) is 0 Å². The molecule has 0 N–H and O–H groups in total. The molecule has 1 fully saturated rings. The van der Waals surface area contributed by atoms with E-state index in [2.05, 4.69) is 17.1 Å². The number of carbonyl (C=O) groups excluding carboxylic acids is 1. The van der Waals surface area contributed by atoms with E-state index in [4.69, 9.17) is 4.74 Å². The summed E-state index contributed by atoms with van der Waals surface area (Å²) in [4.78, 5) is 18.8. The molecular formula is C19H22N2O2. The SMILES string of the molecule is O=C([C@@H]1CCCO1)N(CCc1ccccc1)Cc1cccnc1. The van der Waals surface area contributed by atoms with E-state index in [9.17, 15) is 4.79 Å². The van der Waals surface area contributed by atoms with Gasteiger partial charge in [-0.2, -0.15) is 0 Å². The number of amides is 1. The third-order valence-corrected chi connectivity index (χ3v) is 4.13. The van der Waals surface area contributed by atoms with Crippen LogP contribution in [0.1, 0.15) is 24.0 Å². The summed E-state index contributed by atoms with van der Waals surface area (Å²) in [5, 5.41) is 0. The normalized spacial score (nSPS) is 17.1. The third kappa shape index (κ3) is 4.39. The minimum absolute atomic E-state index is 0.0993. The van der Waals surface area contributed by atoms with Crippen LogP contribution in [-0.2, 0) is 22.5 Å². The van der Waals surface area contributed by atoms with Crippen molar-refractivity contribution in [2.24, 2.45) is 0 Å².